The standard InChI is InChI=1S/C16H12O4/c1-19-11-5-9-3-2-8-4-10(17)6-13-15(8)14(9)12(7-11)16(18)20-13/h4-7,17H,2-3H2,1H3. The molecule has 20 heavy (non-hydrogen) atoms. The maximum absolute atomic E-state index is 12.2. The van der Waals surface area contributed by atoms with Gasteiger partial charge in [0, 0.05) is 16.8 Å². The van der Waals surface area contributed by atoms with Gasteiger partial charge in [-0.25, -0.2) is 4.79 Å². The zero-order chi connectivity index (χ0) is 13.9. The second-order valence-corrected chi connectivity index (χ2v) is 5.08. The van der Waals surface area contributed by atoms with Gasteiger partial charge in [0.15, 0.2) is 0 Å². The predicted octanol–water partition coefficient (Wildman–Crippen LogP) is 2.76. The van der Waals surface area contributed by atoms with Crippen molar-refractivity contribution in [3.8, 4) is 11.5 Å². The summed E-state index contributed by atoms with van der Waals surface area (Å²) in [4.78, 5) is 12.2. The Hall–Kier alpha value is -2.49. The largest absolute Gasteiger partial charge is 0.508 e. The first-order valence-corrected chi connectivity index (χ1v) is 6.46. The topological polar surface area (TPSA) is 59.7 Å². The van der Waals surface area contributed by atoms with E-state index in [4.69, 9.17) is 9.15 Å². The third-order valence-electron chi connectivity index (χ3n) is 3.93. The Bertz CT molecular complexity index is 921. The van der Waals surface area contributed by atoms with Crippen LogP contribution < -0.4 is 10.4 Å². The fourth-order valence-corrected chi connectivity index (χ4v) is 3.09. The molecule has 0 bridgehead atoms. The molecule has 1 heterocycles. The fraction of sp³-hybridized carbons (Fsp3) is 0.188. The first-order chi connectivity index (χ1) is 9.67. The van der Waals surface area contributed by atoms with Crippen LogP contribution in [0.4, 0.5) is 0 Å². The van der Waals surface area contributed by atoms with Crippen LogP contribution in [0.3, 0.4) is 0 Å². The van der Waals surface area contributed by atoms with Crippen LogP contribution in [0.2, 0.25) is 0 Å². The Balaban J connectivity index is 2.32. The molecule has 4 nitrogen and oxygen atoms in total. The van der Waals surface area contributed by atoms with E-state index in [1.54, 1.807) is 19.2 Å². The number of aromatic hydroxyl groups is 1. The molecule has 1 aromatic heterocycles. The molecule has 1 N–H and O–H groups in total. The number of phenolic OH excluding ortho intramolecular Hbond substituents is 1. The molecule has 0 fully saturated rings. The number of aryl methyl sites for hydroxylation is 2. The summed E-state index contributed by atoms with van der Waals surface area (Å²) in [6.45, 7) is 0. The Morgan fingerprint density at radius 2 is 1.85 bits per heavy atom. The minimum Gasteiger partial charge on any atom is -0.508 e. The molecule has 100 valence electrons. The summed E-state index contributed by atoms with van der Waals surface area (Å²) in [5.41, 5.74) is 2.16. The highest BCUT2D eigenvalue weighted by molar-refractivity contribution is 6.09. The van der Waals surface area contributed by atoms with Crippen LogP contribution in [0, 0.1) is 0 Å². The molecular weight excluding hydrogens is 256 g/mol. The molecule has 1 aliphatic rings. The van der Waals surface area contributed by atoms with Gasteiger partial charge in [-0.05, 0) is 42.2 Å². The number of benzene rings is 2. The number of ether oxygens (including phenoxy) is 1. The lowest BCUT2D eigenvalue weighted by Crippen LogP contribution is -2.08. The van der Waals surface area contributed by atoms with Crippen molar-refractivity contribution in [2.24, 2.45) is 0 Å². The van der Waals surface area contributed by atoms with Crippen molar-refractivity contribution >= 4 is 21.7 Å². The van der Waals surface area contributed by atoms with Crippen molar-refractivity contribution in [3.05, 3.63) is 45.8 Å². The Morgan fingerprint density at radius 3 is 2.60 bits per heavy atom. The second kappa shape index (κ2) is 3.76. The molecule has 0 saturated heterocycles. The van der Waals surface area contributed by atoms with Crippen molar-refractivity contribution in [2.75, 3.05) is 7.11 Å². The predicted molar refractivity (Wildman–Crippen MR) is 75.6 cm³/mol. The summed E-state index contributed by atoms with van der Waals surface area (Å²) in [5.74, 6) is 0.799. The Morgan fingerprint density at radius 1 is 1.10 bits per heavy atom. The van der Waals surface area contributed by atoms with E-state index in [1.165, 1.54) is 6.07 Å². The van der Waals surface area contributed by atoms with Crippen LogP contribution in [-0.2, 0) is 12.8 Å². The lowest BCUT2D eigenvalue weighted by molar-refractivity contribution is 0.414. The second-order valence-electron chi connectivity index (χ2n) is 5.08. The highest BCUT2D eigenvalue weighted by Crippen LogP contribution is 2.37. The quantitative estimate of drug-likeness (QED) is 0.544. The van der Waals surface area contributed by atoms with Crippen molar-refractivity contribution < 1.29 is 14.3 Å². The van der Waals surface area contributed by atoms with E-state index in [9.17, 15) is 9.90 Å². The Kier molecular flexibility index (Phi) is 2.13. The van der Waals surface area contributed by atoms with Gasteiger partial charge in [-0.1, -0.05) is 0 Å². The maximum Gasteiger partial charge on any atom is 0.344 e. The Labute approximate surface area is 114 Å². The van der Waals surface area contributed by atoms with Gasteiger partial charge in [0.05, 0.1) is 12.5 Å². The third kappa shape index (κ3) is 1.39. The zero-order valence-corrected chi connectivity index (χ0v) is 10.9. The number of hydrogen-bond donors (Lipinski definition) is 1. The van der Waals surface area contributed by atoms with Crippen LogP contribution >= 0.6 is 0 Å². The van der Waals surface area contributed by atoms with E-state index in [0.29, 0.717) is 16.7 Å². The molecule has 0 spiro atoms. The average Bonchev–Trinajstić information content (AvgIpc) is 2.44. The summed E-state index contributed by atoms with van der Waals surface area (Å²) >= 11 is 0. The SMILES string of the molecule is COc1cc2c3c(c1)c(=O)oc1cc(O)cc(c13)CC2. The van der Waals surface area contributed by atoms with E-state index >= 15 is 0 Å². The van der Waals surface area contributed by atoms with Crippen LogP contribution in [0.1, 0.15) is 11.1 Å². The van der Waals surface area contributed by atoms with Crippen LogP contribution in [0.25, 0.3) is 21.7 Å². The minimum atomic E-state index is -0.397. The average molecular weight is 268 g/mol. The minimum absolute atomic E-state index is 0.131. The van der Waals surface area contributed by atoms with Crippen molar-refractivity contribution in [3.63, 3.8) is 0 Å². The smallest absolute Gasteiger partial charge is 0.344 e. The van der Waals surface area contributed by atoms with E-state index in [1.807, 2.05) is 6.07 Å². The van der Waals surface area contributed by atoms with Gasteiger partial charge >= 0.3 is 5.63 Å². The molecule has 0 radical (unpaired) electrons. The number of hydrogen-bond acceptors (Lipinski definition) is 4. The highest BCUT2D eigenvalue weighted by atomic mass is 16.5. The van der Waals surface area contributed by atoms with Crippen LogP contribution in [0.5, 0.6) is 11.5 Å². The molecule has 4 heteroatoms. The summed E-state index contributed by atoms with van der Waals surface area (Å²) in [6, 6.07) is 6.93. The van der Waals surface area contributed by atoms with Crippen LogP contribution in [0.15, 0.2) is 33.5 Å². The van der Waals surface area contributed by atoms with Crippen molar-refractivity contribution in [1.29, 1.82) is 0 Å². The van der Waals surface area contributed by atoms with Gasteiger partial charge in [-0.15, -0.1) is 0 Å². The van der Waals surface area contributed by atoms with Crippen molar-refractivity contribution in [1.82, 2.24) is 0 Å². The first kappa shape index (κ1) is 11.3. The summed E-state index contributed by atoms with van der Waals surface area (Å²) in [6.07, 6.45) is 1.64. The maximum atomic E-state index is 12.2. The lowest BCUT2D eigenvalue weighted by Gasteiger charge is -2.18. The van der Waals surface area contributed by atoms with Gasteiger partial charge in [0.1, 0.15) is 17.1 Å². The normalized spacial score (nSPS) is 13.2. The number of rotatable bonds is 1. The van der Waals surface area contributed by atoms with E-state index in [-0.39, 0.29) is 5.75 Å². The van der Waals surface area contributed by atoms with Gasteiger partial charge in [0.2, 0.25) is 0 Å². The molecule has 1 aliphatic carbocycles. The zero-order valence-electron chi connectivity index (χ0n) is 10.9. The van der Waals surface area contributed by atoms with E-state index in [0.717, 1.165) is 34.7 Å². The molecule has 0 amide bonds. The highest BCUT2D eigenvalue weighted by Gasteiger charge is 2.20. The molecule has 0 atom stereocenters. The number of methoxy groups -OCH3 is 1. The van der Waals surface area contributed by atoms with Crippen molar-refractivity contribution in [2.45, 2.75) is 12.8 Å². The monoisotopic (exact) mass is 268 g/mol. The van der Waals surface area contributed by atoms with E-state index < -0.39 is 5.63 Å². The molecule has 2 aromatic carbocycles. The third-order valence-corrected chi connectivity index (χ3v) is 3.93. The molecule has 0 unspecified atom stereocenters. The van der Waals surface area contributed by atoms with Gasteiger partial charge in [0.25, 0.3) is 0 Å². The fourth-order valence-electron chi connectivity index (χ4n) is 3.09. The summed E-state index contributed by atoms with van der Waals surface area (Å²) in [5, 5.41) is 12.1. The summed E-state index contributed by atoms with van der Waals surface area (Å²) < 4.78 is 10.6. The van der Waals surface area contributed by atoms with Crippen LogP contribution in [-0.4, -0.2) is 12.2 Å². The molecule has 0 saturated carbocycles. The lowest BCUT2D eigenvalue weighted by atomic mass is 9.88. The number of phenols is 1. The van der Waals surface area contributed by atoms with Gasteiger partial charge < -0.3 is 14.3 Å². The first-order valence-electron chi connectivity index (χ1n) is 6.46. The van der Waals surface area contributed by atoms with Gasteiger partial charge in [-0.3, -0.25) is 0 Å². The summed E-state index contributed by atoms with van der Waals surface area (Å²) in [7, 11) is 1.59. The molecule has 0 aliphatic heterocycles. The molecule has 4 rings (SSSR count). The molecule has 3 aromatic rings. The molecular formula is C16H12O4. The van der Waals surface area contributed by atoms with E-state index in [2.05, 4.69) is 0 Å². The van der Waals surface area contributed by atoms with Gasteiger partial charge in [-0.2, -0.15) is 0 Å².